The van der Waals surface area contributed by atoms with E-state index in [1.807, 2.05) is 24.3 Å². The Morgan fingerprint density at radius 1 is 0.913 bits per heavy atom. The van der Waals surface area contributed by atoms with Gasteiger partial charge in [-0.25, -0.2) is 0 Å². The number of hydrogen-bond acceptors (Lipinski definition) is 1. The van der Waals surface area contributed by atoms with Gasteiger partial charge in [-0.15, -0.1) is 0 Å². The first-order chi connectivity index (χ1) is 10.9. The van der Waals surface area contributed by atoms with Gasteiger partial charge in [-0.05, 0) is 47.1 Å². The zero-order valence-electron chi connectivity index (χ0n) is 14.8. The number of carbonyl (C=O) groups excluding carboxylic acids is 1. The molecule has 0 saturated carbocycles. The van der Waals surface area contributed by atoms with Crippen molar-refractivity contribution >= 4 is 11.6 Å². The largest absolute Gasteiger partial charge is 0.321 e. The SMILES string of the molecule is CCc1ccc(C(=O)Nc2c(C(C)C)cccc2C(C)C)cc1. The fourth-order valence-corrected chi connectivity index (χ4v) is 2.77. The van der Waals surface area contributed by atoms with E-state index in [9.17, 15) is 4.79 Å². The normalized spacial score (nSPS) is 11.1. The van der Waals surface area contributed by atoms with E-state index in [0.29, 0.717) is 17.4 Å². The van der Waals surface area contributed by atoms with Gasteiger partial charge in [-0.1, -0.05) is 65.0 Å². The lowest BCUT2D eigenvalue weighted by molar-refractivity contribution is 0.102. The zero-order chi connectivity index (χ0) is 17.0. The number of hydrogen-bond donors (Lipinski definition) is 1. The summed E-state index contributed by atoms with van der Waals surface area (Å²) in [6.07, 6.45) is 0.982. The van der Waals surface area contributed by atoms with Crippen LogP contribution in [0.3, 0.4) is 0 Å². The fourth-order valence-electron chi connectivity index (χ4n) is 2.77. The molecule has 0 aromatic heterocycles. The van der Waals surface area contributed by atoms with E-state index in [2.05, 4.69) is 58.1 Å². The third-order valence-electron chi connectivity index (χ3n) is 4.24. The molecule has 1 N–H and O–H groups in total. The lowest BCUT2D eigenvalue weighted by Gasteiger charge is -2.20. The molecular weight excluding hydrogens is 282 g/mol. The van der Waals surface area contributed by atoms with Gasteiger partial charge in [-0.2, -0.15) is 0 Å². The maximum absolute atomic E-state index is 12.7. The van der Waals surface area contributed by atoms with Gasteiger partial charge in [-0.3, -0.25) is 4.79 Å². The number of anilines is 1. The van der Waals surface area contributed by atoms with E-state index in [1.165, 1.54) is 16.7 Å². The van der Waals surface area contributed by atoms with Crippen molar-refractivity contribution in [3.63, 3.8) is 0 Å². The van der Waals surface area contributed by atoms with E-state index >= 15 is 0 Å². The predicted molar refractivity (Wildman–Crippen MR) is 98.4 cm³/mol. The Hall–Kier alpha value is -2.09. The number of amides is 1. The van der Waals surface area contributed by atoms with Crippen LogP contribution in [0.5, 0.6) is 0 Å². The zero-order valence-corrected chi connectivity index (χ0v) is 14.8. The van der Waals surface area contributed by atoms with Gasteiger partial charge in [0.05, 0.1) is 0 Å². The number of para-hydroxylation sites is 1. The summed E-state index contributed by atoms with van der Waals surface area (Å²) in [5.41, 5.74) is 5.30. The maximum Gasteiger partial charge on any atom is 0.255 e. The molecule has 2 rings (SSSR count). The first-order valence-electron chi connectivity index (χ1n) is 8.47. The Bertz CT molecular complexity index is 642. The van der Waals surface area contributed by atoms with Crippen LogP contribution in [-0.4, -0.2) is 5.91 Å². The van der Waals surface area contributed by atoms with Gasteiger partial charge >= 0.3 is 0 Å². The maximum atomic E-state index is 12.7. The van der Waals surface area contributed by atoms with Crippen LogP contribution in [0.4, 0.5) is 5.69 Å². The van der Waals surface area contributed by atoms with Gasteiger partial charge in [0.15, 0.2) is 0 Å². The summed E-state index contributed by atoms with van der Waals surface area (Å²) in [4.78, 5) is 12.7. The molecule has 0 unspecified atom stereocenters. The second-order valence-electron chi connectivity index (χ2n) is 6.63. The number of carbonyl (C=O) groups is 1. The van der Waals surface area contributed by atoms with Gasteiger partial charge in [0.25, 0.3) is 5.91 Å². The molecule has 0 atom stereocenters. The second kappa shape index (κ2) is 7.45. The quantitative estimate of drug-likeness (QED) is 0.748. The highest BCUT2D eigenvalue weighted by Crippen LogP contribution is 2.32. The Morgan fingerprint density at radius 2 is 1.43 bits per heavy atom. The van der Waals surface area contributed by atoms with Crippen LogP contribution in [0.1, 0.15) is 73.5 Å². The molecule has 0 heterocycles. The van der Waals surface area contributed by atoms with Gasteiger partial charge < -0.3 is 5.32 Å². The average molecular weight is 309 g/mol. The molecule has 0 aliphatic heterocycles. The van der Waals surface area contributed by atoms with Crippen molar-refractivity contribution in [2.24, 2.45) is 0 Å². The van der Waals surface area contributed by atoms with E-state index in [4.69, 9.17) is 0 Å². The molecule has 2 aromatic rings. The van der Waals surface area contributed by atoms with Crippen molar-refractivity contribution in [1.29, 1.82) is 0 Å². The summed E-state index contributed by atoms with van der Waals surface area (Å²) in [6.45, 7) is 10.7. The van der Waals surface area contributed by atoms with E-state index < -0.39 is 0 Å². The highest BCUT2D eigenvalue weighted by Gasteiger charge is 2.16. The molecular formula is C21H27NO. The van der Waals surface area contributed by atoms with Crippen LogP contribution in [0, 0.1) is 0 Å². The van der Waals surface area contributed by atoms with Crippen LogP contribution < -0.4 is 5.32 Å². The average Bonchev–Trinajstić information content (AvgIpc) is 2.54. The van der Waals surface area contributed by atoms with Crippen LogP contribution in [0.25, 0.3) is 0 Å². The van der Waals surface area contributed by atoms with Crippen molar-refractivity contribution in [3.8, 4) is 0 Å². The third-order valence-corrected chi connectivity index (χ3v) is 4.24. The molecule has 2 heteroatoms. The summed E-state index contributed by atoms with van der Waals surface area (Å²) in [5, 5.41) is 3.16. The van der Waals surface area contributed by atoms with Crippen molar-refractivity contribution in [2.75, 3.05) is 5.32 Å². The second-order valence-corrected chi connectivity index (χ2v) is 6.63. The summed E-state index contributed by atoms with van der Waals surface area (Å²) >= 11 is 0. The van der Waals surface area contributed by atoms with E-state index in [0.717, 1.165) is 12.1 Å². The van der Waals surface area contributed by atoms with Crippen LogP contribution in [0.2, 0.25) is 0 Å². The van der Waals surface area contributed by atoms with Gasteiger partial charge in [0.1, 0.15) is 0 Å². The smallest absolute Gasteiger partial charge is 0.255 e. The van der Waals surface area contributed by atoms with Crippen LogP contribution >= 0.6 is 0 Å². The molecule has 0 aliphatic carbocycles. The summed E-state index contributed by atoms with van der Waals surface area (Å²) < 4.78 is 0. The molecule has 0 spiro atoms. The number of rotatable bonds is 5. The molecule has 0 radical (unpaired) electrons. The molecule has 0 aliphatic rings. The highest BCUT2D eigenvalue weighted by atomic mass is 16.1. The van der Waals surface area contributed by atoms with Crippen LogP contribution in [-0.2, 0) is 6.42 Å². The molecule has 23 heavy (non-hydrogen) atoms. The molecule has 0 bridgehead atoms. The molecule has 2 aromatic carbocycles. The lowest BCUT2D eigenvalue weighted by Crippen LogP contribution is -2.16. The molecule has 122 valence electrons. The molecule has 0 fully saturated rings. The Kier molecular flexibility index (Phi) is 5.59. The topological polar surface area (TPSA) is 29.1 Å². The van der Waals surface area contributed by atoms with Crippen molar-refractivity contribution < 1.29 is 4.79 Å². The summed E-state index contributed by atoms with van der Waals surface area (Å²) in [5.74, 6) is 0.695. The fraction of sp³-hybridized carbons (Fsp3) is 0.381. The third kappa shape index (κ3) is 4.01. The Labute approximate surface area is 139 Å². The summed E-state index contributed by atoms with van der Waals surface area (Å²) in [7, 11) is 0. The first-order valence-corrected chi connectivity index (χ1v) is 8.47. The van der Waals surface area contributed by atoms with Crippen molar-refractivity contribution in [2.45, 2.75) is 52.9 Å². The Morgan fingerprint density at radius 3 is 1.87 bits per heavy atom. The number of nitrogens with one attached hydrogen (secondary N) is 1. The highest BCUT2D eigenvalue weighted by molar-refractivity contribution is 6.05. The minimum atomic E-state index is -0.0392. The van der Waals surface area contributed by atoms with Crippen molar-refractivity contribution in [3.05, 3.63) is 64.7 Å². The van der Waals surface area contributed by atoms with E-state index in [1.54, 1.807) is 0 Å². The standard InChI is InChI=1S/C21H27NO/c1-6-16-10-12-17(13-11-16)21(23)22-20-18(14(2)3)8-7-9-19(20)15(4)5/h7-15H,6H2,1-5H3,(H,22,23). The van der Waals surface area contributed by atoms with Crippen molar-refractivity contribution in [1.82, 2.24) is 0 Å². The number of benzene rings is 2. The van der Waals surface area contributed by atoms with E-state index in [-0.39, 0.29) is 5.91 Å². The monoisotopic (exact) mass is 309 g/mol. The predicted octanol–water partition coefficient (Wildman–Crippen LogP) is 5.75. The van der Waals surface area contributed by atoms with Gasteiger partial charge in [0.2, 0.25) is 0 Å². The first kappa shape index (κ1) is 17.3. The Balaban J connectivity index is 2.35. The number of aryl methyl sites for hydroxylation is 1. The minimum absolute atomic E-state index is 0.0392. The minimum Gasteiger partial charge on any atom is -0.321 e. The summed E-state index contributed by atoms with van der Waals surface area (Å²) in [6, 6.07) is 14.1. The molecule has 0 saturated heterocycles. The molecule has 2 nitrogen and oxygen atoms in total. The lowest BCUT2D eigenvalue weighted by atomic mass is 9.92. The van der Waals surface area contributed by atoms with Crippen LogP contribution in [0.15, 0.2) is 42.5 Å². The van der Waals surface area contributed by atoms with Gasteiger partial charge in [0, 0.05) is 11.3 Å². The molecule has 1 amide bonds.